The second kappa shape index (κ2) is 5.83. The van der Waals surface area contributed by atoms with E-state index in [2.05, 4.69) is 20.0 Å². The number of anilines is 1. The first-order chi connectivity index (χ1) is 9.01. The minimum Gasteiger partial charge on any atom is -0.308 e. The van der Waals surface area contributed by atoms with Crippen LogP contribution in [0.3, 0.4) is 0 Å². The largest absolute Gasteiger partial charge is 0.308 e. The van der Waals surface area contributed by atoms with E-state index in [-0.39, 0.29) is 10.9 Å². The molecule has 1 saturated heterocycles. The van der Waals surface area contributed by atoms with Crippen LogP contribution >= 0.6 is 0 Å². The lowest BCUT2D eigenvalue weighted by molar-refractivity contribution is 0.248. The highest BCUT2D eigenvalue weighted by molar-refractivity contribution is 7.89. The van der Waals surface area contributed by atoms with Crippen LogP contribution in [0.15, 0.2) is 23.2 Å². The molecular formula is C11H19N5O2S. The van der Waals surface area contributed by atoms with Crippen LogP contribution in [0.25, 0.3) is 0 Å². The first-order valence-electron chi connectivity index (χ1n) is 6.15. The van der Waals surface area contributed by atoms with Crippen LogP contribution in [0.1, 0.15) is 12.8 Å². The molecule has 4 N–H and O–H groups in total. The predicted molar refractivity (Wildman–Crippen MR) is 72.9 cm³/mol. The Morgan fingerprint density at radius 2 is 2.11 bits per heavy atom. The third kappa shape index (κ3) is 3.63. The van der Waals surface area contributed by atoms with Gasteiger partial charge in [0.1, 0.15) is 5.82 Å². The van der Waals surface area contributed by atoms with Crippen LogP contribution in [0.4, 0.5) is 5.82 Å². The smallest absolute Gasteiger partial charge is 0.241 e. The molecule has 0 spiro atoms. The van der Waals surface area contributed by atoms with Crippen LogP contribution < -0.4 is 16.0 Å². The number of hydrazine groups is 1. The molecule has 2 rings (SSSR count). The molecule has 0 saturated carbocycles. The summed E-state index contributed by atoms with van der Waals surface area (Å²) < 4.78 is 27.2. The Morgan fingerprint density at radius 1 is 1.42 bits per heavy atom. The number of sulfonamides is 1. The molecule has 2 heterocycles. The van der Waals surface area contributed by atoms with Gasteiger partial charge in [0.2, 0.25) is 10.0 Å². The topological polar surface area (TPSA) is 100 Å². The summed E-state index contributed by atoms with van der Waals surface area (Å²) in [6, 6.07) is 2.86. The van der Waals surface area contributed by atoms with Crippen LogP contribution in [-0.4, -0.2) is 44.5 Å². The molecule has 0 bridgehead atoms. The lowest BCUT2D eigenvalue weighted by Gasteiger charge is -2.29. The van der Waals surface area contributed by atoms with E-state index in [0.717, 1.165) is 25.9 Å². The van der Waals surface area contributed by atoms with Gasteiger partial charge in [-0.1, -0.05) is 0 Å². The summed E-state index contributed by atoms with van der Waals surface area (Å²) in [6.45, 7) is 1.80. The molecule has 106 valence electrons. The maximum Gasteiger partial charge on any atom is 0.241 e. The standard InChI is InChI=1S/C11H19N5O2S/c1-16-6-3-9(4-7-16)15-19(17,18)10-2-5-13-11(8-10)14-12/h2,5,8-9,15H,3-4,6-7,12H2,1H3,(H,13,14). The number of aromatic nitrogens is 1. The van der Waals surface area contributed by atoms with Crippen molar-refractivity contribution in [2.24, 2.45) is 5.84 Å². The van der Waals surface area contributed by atoms with E-state index in [0.29, 0.717) is 5.82 Å². The zero-order valence-electron chi connectivity index (χ0n) is 10.8. The van der Waals surface area contributed by atoms with Crippen molar-refractivity contribution in [3.8, 4) is 0 Å². The highest BCUT2D eigenvalue weighted by atomic mass is 32.2. The van der Waals surface area contributed by atoms with E-state index in [1.807, 2.05) is 7.05 Å². The van der Waals surface area contributed by atoms with E-state index in [4.69, 9.17) is 5.84 Å². The summed E-state index contributed by atoms with van der Waals surface area (Å²) in [7, 11) is -1.48. The minimum atomic E-state index is -3.51. The van der Waals surface area contributed by atoms with E-state index in [1.54, 1.807) is 0 Å². The monoisotopic (exact) mass is 285 g/mol. The van der Waals surface area contributed by atoms with E-state index >= 15 is 0 Å². The lowest BCUT2D eigenvalue weighted by atomic mass is 10.1. The van der Waals surface area contributed by atoms with Crippen molar-refractivity contribution in [3.63, 3.8) is 0 Å². The number of hydrogen-bond acceptors (Lipinski definition) is 6. The van der Waals surface area contributed by atoms with Gasteiger partial charge in [0.15, 0.2) is 0 Å². The van der Waals surface area contributed by atoms with E-state index in [9.17, 15) is 8.42 Å². The second-order valence-electron chi connectivity index (χ2n) is 4.72. The minimum absolute atomic E-state index is 0.0105. The Labute approximate surface area is 113 Å². The van der Waals surface area contributed by atoms with Gasteiger partial charge in [-0.15, -0.1) is 0 Å². The van der Waals surface area contributed by atoms with Gasteiger partial charge in [-0.25, -0.2) is 24.0 Å². The van der Waals surface area contributed by atoms with Crippen molar-refractivity contribution in [1.82, 2.24) is 14.6 Å². The van der Waals surface area contributed by atoms with Gasteiger partial charge >= 0.3 is 0 Å². The molecule has 8 heteroatoms. The molecule has 0 aromatic carbocycles. The molecule has 19 heavy (non-hydrogen) atoms. The van der Waals surface area contributed by atoms with Crippen LogP contribution in [0.2, 0.25) is 0 Å². The molecule has 1 fully saturated rings. The molecule has 1 aromatic rings. The summed E-state index contributed by atoms with van der Waals surface area (Å²) in [5.74, 6) is 5.55. The van der Waals surface area contributed by atoms with Gasteiger partial charge < -0.3 is 10.3 Å². The zero-order valence-corrected chi connectivity index (χ0v) is 11.7. The fraction of sp³-hybridized carbons (Fsp3) is 0.545. The fourth-order valence-corrected chi connectivity index (χ4v) is 3.39. The summed E-state index contributed by atoms with van der Waals surface area (Å²) in [4.78, 5) is 6.26. The molecule has 1 aromatic heterocycles. The predicted octanol–water partition coefficient (Wildman–Crippen LogP) is -0.260. The lowest BCUT2D eigenvalue weighted by Crippen LogP contribution is -2.43. The van der Waals surface area contributed by atoms with E-state index in [1.165, 1.54) is 18.3 Å². The Hall–Kier alpha value is -1.22. The number of nitrogens with zero attached hydrogens (tertiary/aromatic N) is 2. The second-order valence-corrected chi connectivity index (χ2v) is 6.43. The number of piperidine rings is 1. The maximum absolute atomic E-state index is 12.2. The Bertz CT molecular complexity index is 526. The number of likely N-dealkylation sites (tertiary alicyclic amines) is 1. The third-order valence-corrected chi connectivity index (χ3v) is 4.75. The molecule has 0 aliphatic carbocycles. The Kier molecular flexibility index (Phi) is 4.35. The Balaban J connectivity index is 2.09. The number of hydrogen-bond donors (Lipinski definition) is 3. The van der Waals surface area contributed by atoms with Crippen molar-refractivity contribution < 1.29 is 8.42 Å². The van der Waals surface area contributed by atoms with Crippen molar-refractivity contribution >= 4 is 15.8 Å². The van der Waals surface area contributed by atoms with Crippen molar-refractivity contribution in [3.05, 3.63) is 18.3 Å². The van der Waals surface area contributed by atoms with Crippen LogP contribution in [0.5, 0.6) is 0 Å². The van der Waals surface area contributed by atoms with Crippen LogP contribution in [-0.2, 0) is 10.0 Å². The van der Waals surface area contributed by atoms with Crippen molar-refractivity contribution in [2.45, 2.75) is 23.8 Å². The summed E-state index contributed by atoms with van der Waals surface area (Å²) >= 11 is 0. The average molecular weight is 285 g/mol. The first-order valence-corrected chi connectivity index (χ1v) is 7.63. The van der Waals surface area contributed by atoms with Gasteiger partial charge in [-0.2, -0.15) is 0 Å². The number of nitrogens with two attached hydrogens (primary N) is 1. The SMILES string of the molecule is CN1CCC(NS(=O)(=O)c2ccnc(NN)c2)CC1. The van der Waals surface area contributed by atoms with Gasteiger partial charge in [0.25, 0.3) is 0 Å². The maximum atomic E-state index is 12.2. The zero-order chi connectivity index (χ0) is 13.9. The molecule has 1 aliphatic rings. The van der Waals surface area contributed by atoms with Gasteiger partial charge in [0, 0.05) is 18.3 Å². The van der Waals surface area contributed by atoms with Gasteiger partial charge in [-0.05, 0) is 39.0 Å². The molecule has 0 atom stereocenters. The molecule has 0 amide bonds. The summed E-state index contributed by atoms with van der Waals surface area (Å²) in [5, 5.41) is 0. The number of rotatable bonds is 4. The average Bonchev–Trinajstić information content (AvgIpc) is 2.41. The third-order valence-electron chi connectivity index (χ3n) is 3.23. The molecular weight excluding hydrogens is 266 g/mol. The molecule has 1 aliphatic heterocycles. The van der Waals surface area contributed by atoms with Gasteiger partial charge in [0.05, 0.1) is 4.90 Å². The molecule has 7 nitrogen and oxygen atoms in total. The Morgan fingerprint density at radius 3 is 2.74 bits per heavy atom. The highest BCUT2D eigenvalue weighted by Gasteiger charge is 2.23. The number of nitrogen functional groups attached to an aromatic ring is 1. The van der Waals surface area contributed by atoms with Crippen molar-refractivity contribution in [2.75, 3.05) is 25.6 Å². The van der Waals surface area contributed by atoms with Gasteiger partial charge in [-0.3, -0.25) is 0 Å². The summed E-state index contributed by atoms with van der Waals surface area (Å²) in [5.41, 5.74) is 2.34. The summed E-state index contributed by atoms with van der Waals surface area (Å²) in [6.07, 6.45) is 3.06. The normalized spacial score (nSPS) is 18.4. The number of pyridine rings is 1. The van der Waals surface area contributed by atoms with E-state index < -0.39 is 10.0 Å². The fourth-order valence-electron chi connectivity index (χ4n) is 2.07. The first kappa shape index (κ1) is 14.2. The number of nitrogens with one attached hydrogen (secondary N) is 2. The van der Waals surface area contributed by atoms with Crippen LogP contribution in [0, 0.1) is 0 Å². The molecule has 0 unspecified atom stereocenters. The quantitative estimate of drug-likeness (QED) is 0.520. The van der Waals surface area contributed by atoms with Crippen molar-refractivity contribution in [1.29, 1.82) is 0 Å². The highest BCUT2D eigenvalue weighted by Crippen LogP contribution is 2.15. The molecule has 0 radical (unpaired) electrons.